The lowest BCUT2D eigenvalue weighted by molar-refractivity contribution is -0.399. The van der Waals surface area contributed by atoms with Crippen LogP contribution in [0.5, 0.6) is 0 Å². The van der Waals surface area contributed by atoms with Gasteiger partial charge in [-0.1, -0.05) is 12.2 Å². The number of hydrogen-bond acceptors (Lipinski definition) is 8. The second kappa shape index (κ2) is 7.22. The molecule has 0 amide bonds. The van der Waals surface area contributed by atoms with E-state index in [2.05, 4.69) is 0 Å². The SMILES string of the molecule is Cc1cc([N+](=O)[O-])c(SC(=S)N(C)C2CCS(=O)(=O)C2)c([N+](=O)[O-])c1. The molecule has 0 aliphatic carbocycles. The smallest absolute Gasteiger partial charge is 0.290 e. The van der Waals surface area contributed by atoms with Crippen molar-refractivity contribution >= 4 is 49.5 Å². The first-order valence-corrected chi connectivity index (χ1v) is 10.1. The third-order valence-electron chi connectivity index (χ3n) is 3.82. The summed E-state index contributed by atoms with van der Waals surface area (Å²) in [6, 6.07) is 2.16. The number of nitrogens with zero attached hydrogens (tertiary/aromatic N) is 3. The quantitative estimate of drug-likeness (QED) is 0.321. The van der Waals surface area contributed by atoms with E-state index in [-0.39, 0.29) is 26.8 Å². The summed E-state index contributed by atoms with van der Waals surface area (Å²) in [6.45, 7) is 1.53. The highest BCUT2D eigenvalue weighted by Gasteiger charge is 2.34. The van der Waals surface area contributed by atoms with Gasteiger partial charge >= 0.3 is 0 Å². The van der Waals surface area contributed by atoms with E-state index in [0.29, 0.717) is 12.0 Å². The zero-order valence-corrected chi connectivity index (χ0v) is 15.8. The molecule has 0 N–H and O–H groups in total. The standard InChI is InChI=1S/C13H15N3O6S3/c1-8-5-10(15(17)18)12(11(6-8)16(19)20)24-13(23)14(2)9-3-4-25(21,22)7-9/h5-6,9H,3-4,7H2,1-2H3. The van der Waals surface area contributed by atoms with E-state index in [0.717, 1.165) is 11.8 Å². The maximum atomic E-state index is 11.6. The van der Waals surface area contributed by atoms with Crippen molar-refractivity contribution < 1.29 is 18.3 Å². The minimum atomic E-state index is -3.12. The molecule has 0 bridgehead atoms. The van der Waals surface area contributed by atoms with Crippen molar-refractivity contribution in [3.05, 3.63) is 37.9 Å². The second-order valence-electron chi connectivity index (χ2n) is 5.68. The molecule has 1 unspecified atom stereocenters. The number of hydrogen-bond donors (Lipinski definition) is 0. The summed E-state index contributed by atoms with van der Waals surface area (Å²) in [6.07, 6.45) is 0.400. The van der Waals surface area contributed by atoms with Crippen LogP contribution in [0.1, 0.15) is 12.0 Å². The number of rotatable bonds is 4. The average molecular weight is 405 g/mol. The topological polar surface area (TPSA) is 124 Å². The summed E-state index contributed by atoms with van der Waals surface area (Å²) < 4.78 is 23.3. The minimum Gasteiger partial charge on any atom is -0.356 e. The van der Waals surface area contributed by atoms with Gasteiger partial charge in [-0.05, 0) is 30.7 Å². The van der Waals surface area contributed by atoms with Crippen molar-refractivity contribution in [2.75, 3.05) is 18.6 Å². The fourth-order valence-electron chi connectivity index (χ4n) is 2.50. The van der Waals surface area contributed by atoms with Crippen LogP contribution in [-0.4, -0.2) is 52.1 Å². The van der Waals surface area contributed by atoms with Crippen molar-refractivity contribution in [1.29, 1.82) is 0 Å². The molecule has 25 heavy (non-hydrogen) atoms. The molecule has 9 nitrogen and oxygen atoms in total. The molecule has 136 valence electrons. The molecule has 0 spiro atoms. The second-order valence-corrected chi connectivity index (χ2v) is 9.56. The van der Waals surface area contributed by atoms with E-state index >= 15 is 0 Å². The Labute approximate surface area is 153 Å². The van der Waals surface area contributed by atoms with Gasteiger partial charge in [-0.2, -0.15) is 0 Å². The molecule has 2 rings (SSSR count). The zero-order chi connectivity index (χ0) is 18.9. The molecule has 1 aliphatic heterocycles. The summed E-state index contributed by atoms with van der Waals surface area (Å²) in [4.78, 5) is 22.6. The van der Waals surface area contributed by atoms with Gasteiger partial charge < -0.3 is 4.90 Å². The van der Waals surface area contributed by atoms with Crippen molar-refractivity contribution in [2.45, 2.75) is 24.3 Å². The van der Waals surface area contributed by atoms with Crippen LogP contribution in [0.25, 0.3) is 0 Å². The van der Waals surface area contributed by atoms with Crippen molar-refractivity contribution in [2.24, 2.45) is 0 Å². The molecule has 0 saturated carbocycles. The van der Waals surface area contributed by atoms with Gasteiger partial charge in [0.2, 0.25) is 0 Å². The number of nitro groups is 2. The Morgan fingerprint density at radius 2 is 1.80 bits per heavy atom. The Hall–Kier alpha value is -1.79. The van der Waals surface area contributed by atoms with Gasteiger partial charge in [0.25, 0.3) is 11.4 Å². The molecular weight excluding hydrogens is 390 g/mol. The Morgan fingerprint density at radius 3 is 2.20 bits per heavy atom. The molecule has 1 heterocycles. The van der Waals surface area contributed by atoms with Crippen LogP contribution in [0.2, 0.25) is 0 Å². The normalized spacial score (nSPS) is 18.7. The fraction of sp³-hybridized carbons (Fsp3) is 0.462. The molecule has 1 aromatic carbocycles. The van der Waals surface area contributed by atoms with Crippen LogP contribution >= 0.6 is 24.0 Å². The van der Waals surface area contributed by atoms with Crippen molar-refractivity contribution in [1.82, 2.24) is 4.90 Å². The van der Waals surface area contributed by atoms with E-state index in [1.54, 1.807) is 7.05 Å². The summed E-state index contributed by atoms with van der Waals surface area (Å²) >= 11 is 5.98. The Morgan fingerprint density at radius 1 is 1.28 bits per heavy atom. The predicted molar refractivity (Wildman–Crippen MR) is 97.8 cm³/mol. The summed E-state index contributed by atoms with van der Waals surface area (Å²) in [5.41, 5.74) is -0.401. The summed E-state index contributed by atoms with van der Waals surface area (Å²) in [7, 11) is -1.53. The first-order valence-electron chi connectivity index (χ1n) is 7.10. The van der Waals surface area contributed by atoms with E-state index in [4.69, 9.17) is 12.2 Å². The van der Waals surface area contributed by atoms with E-state index in [9.17, 15) is 28.6 Å². The van der Waals surface area contributed by atoms with E-state index in [1.807, 2.05) is 0 Å². The molecule has 1 aliphatic rings. The number of thiocarbonyl (C=S) groups is 1. The molecular formula is C13H15N3O6S3. The number of sulfone groups is 1. The molecule has 1 fully saturated rings. The molecule has 12 heteroatoms. The van der Waals surface area contributed by atoms with Crippen LogP contribution < -0.4 is 0 Å². The van der Waals surface area contributed by atoms with Crippen LogP contribution in [-0.2, 0) is 9.84 Å². The van der Waals surface area contributed by atoms with Crippen molar-refractivity contribution in [3.8, 4) is 0 Å². The van der Waals surface area contributed by atoms with Gasteiger partial charge in [0.1, 0.15) is 4.32 Å². The third kappa shape index (κ3) is 4.44. The van der Waals surface area contributed by atoms with Gasteiger partial charge in [-0.15, -0.1) is 0 Å². The minimum absolute atomic E-state index is 0.0533. The van der Waals surface area contributed by atoms with E-state index < -0.39 is 31.1 Å². The maximum absolute atomic E-state index is 11.6. The third-order valence-corrected chi connectivity index (χ3v) is 7.19. The summed E-state index contributed by atoms with van der Waals surface area (Å²) in [5, 5.41) is 22.5. The van der Waals surface area contributed by atoms with Gasteiger partial charge in [0.15, 0.2) is 14.7 Å². The lowest BCUT2D eigenvalue weighted by atomic mass is 10.2. The maximum Gasteiger partial charge on any atom is 0.290 e. The van der Waals surface area contributed by atoms with Gasteiger partial charge in [-0.25, -0.2) is 8.42 Å². The van der Waals surface area contributed by atoms with E-state index in [1.165, 1.54) is 24.0 Å². The molecule has 0 aromatic heterocycles. The highest BCUT2D eigenvalue weighted by Crippen LogP contribution is 2.40. The first kappa shape index (κ1) is 19.5. The number of nitro benzene ring substituents is 2. The van der Waals surface area contributed by atoms with Gasteiger partial charge in [0.05, 0.1) is 21.4 Å². The molecule has 1 aromatic rings. The highest BCUT2D eigenvalue weighted by atomic mass is 32.2. The number of benzene rings is 1. The van der Waals surface area contributed by atoms with Crippen LogP contribution in [0, 0.1) is 27.2 Å². The lowest BCUT2D eigenvalue weighted by Gasteiger charge is -2.25. The molecule has 1 saturated heterocycles. The largest absolute Gasteiger partial charge is 0.356 e. The monoisotopic (exact) mass is 405 g/mol. The fourth-order valence-corrected chi connectivity index (χ4v) is 5.62. The lowest BCUT2D eigenvalue weighted by Crippen LogP contribution is -2.35. The van der Waals surface area contributed by atoms with Crippen LogP contribution in [0.4, 0.5) is 11.4 Å². The first-order chi connectivity index (χ1) is 11.5. The number of thioether (sulfide) groups is 1. The summed E-state index contributed by atoms with van der Waals surface area (Å²) in [5.74, 6) is 0.00238. The highest BCUT2D eigenvalue weighted by molar-refractivity contribution is 8.23. The predicted octanol–water partition coefficient (Wildman–Crippen LogP) is 2.31. The molecule has 1 atom stereocenters. The average Bonchev–Trinajstić information content (AvgIpc) is 2.87. The Kier molecular flexibility index (Phi) is 5.64. The van der Waals surface area contributed by atoms with Gasteiger partial charge in [-0.3, -0.25) is 20.2 Å². The van der Waals surface area contributed by atoms with Crippen LogP contribution in [0.15, 0.2) is 17.0 Å². The van der Waals surface area contributed by atoms with Gasteiger partial charge in [0, 0.05) is 25.2 Å². The number of aryl methyl sites for hydroxylation is 1. The molecule has 0 radical (unpaired) electrons. The Balaban J connectivity index is 2.34. The van der Waals surface area contributed by atoms with Crippen LogP contribution in [0.3, 0.4) is 0 Å². The Bertz CT molecular complexity index is 820. The zero-order valence-electron chi connectivity index (χ0n) is 13.4. The van der Waals surface area contributed by atoms with Crippen molar-refractivity contribution in [3.63, 3.8) is 0 Å².